The molecular formula is C13H16N4. The van der Waals surface area contributed by atoms with Gasteiger partial charge in [0.2, 0.25) is 0 Å². The van der Waals surface area contributed by atoms with E-state index in [1.54, 1.807) is 0 Å². The molecule has 1 aromatic carbocycles. The summed E-state index contributed by atoms with van der Waals surface area (Å²) in [7, 11) is 0. The molecule has 0 aliphatic carbocycles. The molecule has 0 saturated carbocycles. The van der Waals surface area contributed by atoms with Crippen molar-refractivity contribution < 1.29 is 0 Å². The average molecular weight is 228 g/mol. The summed E-state index contributed by atoms with van der Waals surface area (Å²) in [6.45, 7) is 3.19. The van der Waals surface area contributed by atoms with Crippen LogP contribution in [0.5, 0.6) is 0 Å². The number of aromatic nitrogens is 3. The molecule has 2 N–H and O–H groups in total. The molecule has 0 saturated heterocycles. The molecule has 1 unspecified atom stereocenters. The summed E-state index contributed by atoms with van der Waals surface area (Å²) < 4.78 is 2.03. The van der Waals surface area contributed by atoms with E-state index in [4.69, 9.17) is 5.73 Å². The quantitative estimate of drug-likeness (QED) is 0.763. The standard InChI is InChI=1S/C13H16N4/c1-9-4-3-7-17-13(9)15-12(16-17)10-5-2-6-11(14)8-10/h2,5-6,8-9H,3-4,7,14H2,1H3. The third kappa shape index (κ3) is 1.79. The lowest BCUT2D eigenvalue weighted by Gasteiger charge is -2.17. The fourth-order valence-electron chi connectivity index (χ4n) is 2.36. The van der Waals surface area contributed by atoms with Crippen molar-refractivity contribution in [1.29, 1.82) is 0 Å². The molecule has 3 rings (SSSR count). The zero-order chi connectivity index (χ0) is 11.8. The Kier molecular flexibility index (Phi) is 2.35. The second-order valence-electron chi connectivity index (χ2n) is 4.69. The maximum absolute atomic E-state index is 5.78. The first-order chi connectivity index (χ1) is 8.24. The van der Waals surface area contributed by atoms with Crippen LogP contribution in [0.3, 0.4) is 0 Å². The van der Waals surface area contributed by atoms with Crippen molar-refractivity contribution >= 4 is 5.69 Å². The van der Waals surface area contributed by atoms with Gasteiger partial charge in [-0.25, -0.2) is 9.67 Å². The third-order valence-corrected chi connectivity index (χ3v) is 3.29. The summed E-state index contributed by atoms with van der Waals surface area (Å²) in [4.78, 5) is 4.64. The van der Waals surface area contributed by atoms with Gasteiger partial charge >= 0.3 is 0 Å². The van der Waals surface area contributed by atoms with Gasteiger partial charge in [0.05, 0.1) is 0 Å². The highest BCUT2D eigenvalue weighted by Gasteiger charge is 2.20. The van der Waals surface area contributed by atoms with E-state index in [2.05, 4.69) is 17.0 Å². The van der Waals surface area contributed by atoms with E-state index >= 15 is 0 Å². The highest BCUT2D eigenvalue weighted by Crippen LogP contribution is 2.27. The molecule has 2 heterocycles. The van der Waals surface area contributed by atoms with Gasteiger partial charge in [-0.15, -0.1) is 0 Å². The number of anilines is 1. The van der Waals surface area contributed by atoms with Gasteiger partial charge in [-0.2, -0.15) is 5.10 Å². The van der Waals surface area contributed by atoms with Crippen LogP contribution in [-0.4, -0.2) is 14.8 Å². The van der Waals surface area contributed by atoms with Crippen molar-refractivity contribution in [3.8, 4) is 11.4 Å². The largest absolute Gasteiger partial charge is 0.399 e. The van der Waals surface area contributed by atoms with Crippen LogP contribution in [0.25, 0.3) is 11.4 Å². The van der Waals surface area contributed by atoms with Gasteiger partial charge in [0.25, 0.3) is 0 Å². The van der Waals surface area contributed by atoms with Crippen molar-refractivity contribution in [3.63, 3.8) is 0 Å². The minimum absolute atomic E-state index is 0.506. The Morgan fingerprint density at radius 2 is 2.29 bits per heavy atom. The number of hydrogen-bond acceptors (Lipinski definition) is 3. The van der Waals surface area contributed by atoms with E-state index in [1.165, 1.54) is 12.8 Å². The molecule has 1 aliphatic rings. The Morgan fingerprint density at radius 1 is 1.41 bits per heavy atom. The lowest BCUT2D eigenvalue weighted by molar-refractivity contribution is 0.432. The fraction of sp³-hybridized carbons (Fsp3) is 0.385. The number of nitrogens with zero attached hydrogens (tertiary/aromatic N) is 3. The first-order valence-corrected chi connectivity index (χ1v) is 6.04. The smallest absolute Gasteiger partial charge is 0.181 e. The number of rotatable bonds is 1. The first kappa shape index (κ1) is 10.3. The fourth-order valence-corrected chi connectivity index (χ4v) is 2.36. The Bertz CT molecular complexity index is 544. The molecule has 1 aromatic heterocycles. The zero-order valence-corrected chi connectivity index (χ0v) is 9.93. The lowest BCUT2D eigenvalue weighted by Crippen LogP contribution is -2.14. The molecular weight excluding hydrogens is 212 g/mol. The van der Waals surface area contributed by atoms with Gasteiger partial charge < -0.3 is 5.73 Å². The van der Waals surface area contributed by atoms with Crippen LogP contribution in [0.15, 0.2) is 24.3 Å². The summed E-state index contributed by atoms with van der Waals surface area (Å²) in [5.74, 6) is 2.40. The highest BCUT2D eigenvalue weighted by atomic mass is 15.4. The van der Waals surface area contributed by atoms with Crippen molar-refractivity contribution in [2.24, 2.45) is 0 Å². The number of nitrogen functional groups attached to an aromatic ring is 1. The maximum Gasteiger partial charge on any atom is 0.181 e. The van der Waals surface area contributed by atoms with E-state index in [0.717, 1.165) is 29.4 Å². The van der Waals surface area contributed by atoms with Crippen molar-refractivity contribution in [2.45, 2.75) is 32.2 Å². The van der Waals surface area contributed by atoms with E-state index in [-0.39, 0.29) is 0 Å². The Morgan fingerprint density at radius 3 is 3.06 bits per heavy atom. The summed E-state index contributed by atoms with van der Waals surface area (Å²) in [6.07, 6.45) is 2.39. The minimum atomic E-state index is 0.506. The number of nitrogens with two attached hydrogens (primary N) is 1. The lowest BCUT2D eigenvalue weighted by atomic mass is 10.0. The summed E-state index contributed by atoms with van der Waals surface area (Å²) in [6, 6.07) is 7.74. The van der Waals surface area contributed by atoms with Crippen LogP contribution in [0.1, 0.15) is 31.5 Å². The molecule has 0 bridgehead atoms. The molecule has 88 valence electrons. The second-order valence-corrected chi connectivity index (χ2v) is 4.69. The van der Waals surface area contributed by atoms with Crippen molar-refractivity contribution in [3.05, 3.63) is 30.1 Å². The number of benzene rings is 1. The summed E-state index contributed by atoms with van der Waals surface area (Å²) in [5, 5.41) is 4.56. The molecule has 4 heteroatoms. The van der Waals surface area contributed by atoms with Crippen molar-refractivity contribution in [2.75, 3.05) is 5.73 Å². The van der Waals surface area contributed by atoms with Crippen LogP contribution >= 0.6 is 0 Å². The molecule has 0 fully saturated rings. The molecule has 0 amide bonds. The molecule has 17 heavy (non-hydrogen) atoms. The van der Waals surface area contributed by atoms with Gasteiger partial charge in [-0.05, 0) is 25.0 Å². The predicted molar refractivity (Wildman–Crippen MR) is 67.5 cm³/mol. The van der Waals surface area contributed by atoms with E-state index in [1.807, 2.05) is 28.9 Å². The van der Waals surface area contributed by atoms with E-state index in [0.29, 0.717) is 5.92 Å². The SMILES string of the molecule is CC1CCCn2nc(-c3cccc(N)c3)nc21. The molecule has 4 nitrogen and oxygen atoms in total. The van der Waals surface area contributed by atoms with Gasteiger partial charge in [0, 0.05) is 23.7 Å². The maximum atomic E-state index is 5.78. The molecule has 1 aliphatic heterocycles. The predicted octanol–water partition coefficient (Wildman–Crippen LogP) is 2.42. The van der Waals surface area contributed by atoms with Gasteiger partial charge in [-0.1, -0.05) is 19.1 Å². The van der Waals surface area contributed by atoms with Gasteiger partial charge in [0.1, 0.15) is 5.82 Å². The van der Waals surface area contributed by atoms with Crippen LogP contribution in [-0.2, 0) is 6.54 Å². The van der Waals surface area contributed by atoms with E-state index in [9.17, 15) is 0 Å². The Labute approximate surface area is 100 Å². The third-order valence-electron chi connectivity index (χ3n) is 3.29. The summed E-state index contributed by atoms with van der Waals surface area (Å²) >= 11 is 0. The molecule has 1 atom stereocenters. The van der Waals surface area contributed by atoms with Crippen LogP contribution in [0.2, 0.25) is 0 Å². The molecule has 0 spiro atoms. The van der Waals surface area contributed by atoms with Gasteiger partial charge in [0.15, 0.2) is 5.82 Å². The minimum Gasteiger partial charge on any atom is -0.399 e. The molecule has 2 aromatic rings. The van der Waals surface area contributed by atoms with Crippen LogP contribution < -0.4 is 5.73 Å². The summed E-state index contributed by atoms with van der Waals surface area (Å²) in [5.41, 5.74) is 7.54. The van der Waals surface area contributed by atoms with Crippen LogP contribution in [0, 0.1) is 0 Å². The number of aryl methyl sites for hydroxylation is 1. The van der Waals surface area contributed by atoms with Gasteiger partial charge in [-0.3, -0.25) is 0 Å². The number of fused-ring (bicyclic) bond motifs is 1. The normalized spacial score (nSPS) is 19.0. The van der Waals surface area contributed by atoms with E-state index < -0.39 is 0 Å². The van der Waals surface area contributed by atoms with Crippen LogP contribution in [0.4, 0.5) is 5.69 Å². The second kappa shape index (κ2) is 3.87. The highest BCUT2D eigenvalue weighted by molar-refractivity contribution is 5.60. The first-order valence-electron chi connectivity index (χ1n) is 6.04. The Balaban J connectivity index is 2.05. The number of hydrogen-bond donors (Lipinski definition) is 1. The average Bonchev–Trinajstić information content (AvgIpc) is 2.74. The Hall–Kier alpha value is -1.84. The molecule has 0 radical (unpaired) electrons. The topological polar surface area (TPSA) is 56.7 Å². The van der Waals surface area contributed by atoms with Crippen molar-refractivity contribution in [1.82, 2.24) is 14.8 Å². The monoisotopic (exact) mass is 228 g/mol. The zero-order valence-electron chi connectivity index (χ0n) is 9.93.